The Balaban J connectivity index is 1.65. The van der Waals surface area contributed by atoms with E-state index in [0.717, 1.165) is 51.7 Å². The van der Waals surface area contributed by atoms with Crippen molar-refractivity contribution >= 4 is 11.8 Å². The molecule has 5 nitrogen and oxygen atoms in total. The molecule has 1 spiro atoms. The molecule has 0 unspecified atom stereocenters. The molecule has 0 aromatic carbocycles. The number of carbonyl (C=O) groups excluding carboxylic acids is 2. The van der Waals surface area contributed by atoms with Gasteiger partial charge in [0, 0.05) is 33.3 Å². The summed E-state index contributed by atoms with van der Waals surface area (Å²) in [7, 11) is 1.89. The van der Waals surface area contributed by atoms with Crippen molar-refractivity contribution < 1.29 is 14.3 Å². The summed E-state index contributed by atoms with van der Waals surface area (Å²) in [5.74, 6) is 0.570. The Labute approximate surface area is 120 Å². The van der Waals surface area contributed by atoms with E-state index in [0.29, 0.717) is 13.2 Å². The molecule has 3 aliphatic heterocycles. The molecule has 3 rings (SSSR count). The van der Waals surface area contributed by atoms with Gasteiger partial charge in [-0.2, -0.15) is 0 Å². The summed E-state index contributed by atoms with van der Waals surface area (Å²) in [6.07, 6.45) is 4.51. The summed E-state index contributed by atoms with van der Waals surface area (Å²) in [4.78, 5) is 28.6. The third-order valence-electron chi connectivity index (χ3n) is 5.26. The minimum Gasteiger partial charge on any atom is -0.381 e. The van der Waals surface area contributed by atoms with E-state index in [2.05, 4.69) is 0 Å². The second kappa shape index (κ2) is 5.35. The average molecular weight is 280 g/mol. The molecule has 0 saturated carbocycles. The number of hydrogen-bond donors (Lipinski definition) is 0. The molecule has 20 heavy (non-hydrogen) atoms. The van der Waals surface area contributed by atoms with Crippen molar-refractivity contribution in [3.63, 3.8) is 0 Å². The smallest absolute Gasteiger partial charge is 0.228 e. The van der Waals surface area contributed by atoms with Crippen molar-refractivity contribution in [2.24, 2.45) is 11.3 Å². The molecule has 3 heterocycles. The molecule has 5 heteroatoms. The highest BCUT2D eigenvalue weighted by Gasteiger charge is 2.46. The number of rotatable bonds is 1. The maximum absolute atomic E-state index is 12.5. The molecule has 0 radical (unpaired) electrons. The summed E-state index contributed by atoms with van der Waals surface area (Å²) < 4.78 is 5.32. The monoisotopic (exact) mass is 280 g/mol. The lowest BCUT2D eigenvalue weighted by Gasteiger charge is -2.26. The van der Waals surface area contributed by atoms with E-state index >= 15 is 0 Å². The van der Waals surface area contributed by atoms with Crippen LogP contribution >= 0.6 is 0 Å². The molecular formula is C15H24N2O3. The van der Waals surface area contributed by atoms with E-state index < -0.39 is 0 Å². The topological polar surface area (TPSA) is 49.9 Å². The van der Waals surface area contributed by atoms with E-state index in [9.17, 15) is 9.59 Å². The summed E-state index contributed by atoms with van der Waals surface area (Å²) >= 11 is 0. The van der Waals surface area contributed by atoms with E-state index in [1.807, 2.05) is 16.8 Å². The first-order valence-corrected chi connectivity index (χ1v) is 7.74. The summed E-state index contributed by atoms with van der Waals surface area (Å²) in [5.41, 5.74) is -0.185. The predicted octanol–water partition coefficient (Wildman–Crippen LogP) is 0.884. The molecule has 0 N–H and O–H groups in total. The number of amides is 2. The summed E-state index contributed by atoms with van der Waals surface area (Å²) in [5, 5.41) is 0. The largest absolute Gasteiger partial charge is 0.381 e. The Hall–Kier alpha value is -1.10. The Morgan fingerprint density at radius 1 is 1.25 bits per heavy atom. The van der Waals surface area contributed by atoms with Crippen molar-refractivity contribution in [1.29, 1.82) is 0 Å². The van der Waals surface area contributed by atoms with Gasteiger partial charge in [-0.3, -0.25) is 9.59 Å². The number of ether oxygens (including phenoxy) is 1. The minimum absolute atomic E-state index is 0.0472. The Morgan fingerprint density at radius 2 is 2.05 bits per heavy atom. The normalized spacial score (nSPS) is 34.9. The molecule has 0 bridgehead atoms. The number of carbonyl (C=O) groups is 2. The maximum Gasteiger partial charge on any atom is 0.228 e. The van der Waals surface area contributed by atoms with Crippen LogP contribution in [0.2, 0.25) is 0 Å². The first-order chi connectivity index (χ1) is 9.62. The second-order valence-electron chi connectivity index (χ2n) is 6.50. The van der Waals surface area contributed by atoms with Gasteiger partial charge in [0.15, 0.2) is 0 Å². The lowest BCUT2D eigenvalue weighted by atomic mass is 9.79. The number of likely N-dealkylation sites (tertiary alicyclic amines) is 2. The zero-order valence-corrected chi connectivity index (χ0v) is 12.3. The van der Waals surface area contributed by atoms with Gasteiger partial charge < -0.3 is 14.5 Å². The fourth-order valence-electron chi connectivity index (χ4n) is 3.86. The van der Waals surface area contributed by atoms with Gasteiger partial charge in [-0.1, -0.05) is 0 Å². The van der Waals surface area contributed by atoms with Gasteiger partial charge in [-0.25, -0.2) is 0 Å². The molecule has 0 aromatic heterocycles. The fourth-order valence-corrected chi connectivity index (χ4v) is 3.86. The van der Waals surface area contributed by atoms with Gasteiger partial charge >= 0.3 is 0 Å². The lowest BCUT2D eigenvalue weighted by Crippen LogP contribution is -2.38. The van der Waals surface area contributed by atoms with Crippen LogP contribution in [0.1, 0.15) is 32.1 Å². The SMILES string of the molecule is CN1CC[C@@]2(CCCN(C(=O)[C@H]3CCOC3)CC2)C1=O. The van der Waals surface area contributed by atoms with Gasteiger partial charge in [-0.15, -0.1) is 0 Å². The third-order valence-corrected chi connectivity index (χ3v) is 5.26. The van der Waals surface area contributed by atoms with Gasteiger partial charge in [0.1, 0.15) is 0 Å². The van der Waals surface area contributed by atoms with Crippen molar-refractivity contribution in [2.45, 2.75) is 32.1 Å². The highest BCUT2D eigenvalue weighted by Crippen LogP contribution is 2.41. The Kier molecular flexibility index (Phi) is 3.71. The maximum atomic E-state index is 12.5. The highest BCUT2D eigenvalue weighted by molar-refractivity contribution is 5.85. The minimum atomic E-state index is -0.185. The summed E-state index contributed by atoms with van der Waals surface area (Å²) in [6, 6.07) is 0. The van der Waals surface area contributed by atoms with Gasteiger partial charge in [0.25, 0.3) is 0 Å². The molecule has 2 atom stereocenters. The van der Waals surface area contributed by atoms with Crippen molar-refractivity contribution in [2.75, 3.05) is 39.9 Å². The van der Waals surface area contributed by atoms with E-state index in [-0.39, 0.29) is 23.1 Å². The van der Waals surface area contributed by atoms with Crippen LogP contribution in [0.15, 0.2) is 0 Å². The van der Waals surface area contributed by atoms with Crippen LogP contribution in [0.3, 0.4) is 0 Å². The average Bonchev–Trinajstić information content (AvgIpc) is 3.00. The van der Waals surface area contributed by atoms with Crippen LogP contribution in [0, 0.1) is 11.3 Å². The number of hydrogen-bond acceptors (Lipinski definition) is 3. The third kappa shape index (κ3) is 2.32. The van der Waals surface area contributed by atoms with E-state index in [1.54, 1.807) is 0 Å². The van der Waals surface area contributed by atoms with Crippen molar-refractivity contribution in [3.05, 3.63) is 0 Å². The van der Waals surface area contributed by atoms with Gasteiger partial charge in [-0.05, 0) is 32.1 Å². The van der Waals surface area contributed by atoms with Gasteiger partial charge in [0.05, 0.1) is 17.9 Å². The number of nitrogens with zero attached hydrogens (tertiary/aromatic N) is 2. The van der Waals surface area contributed by atoms with Crippen molar-refractivity contribution in [3.8, 4) is 0 Å². The fraction of sp³-hybridized carbons (Fsp3) is 0.867. The molecule has 3 aliphatic rings. The Bertz CT molecular complexity index is 406. The van der Waals surface area contributed by atoms with E-state index in [4.69, 9.17) is 4.74 Å². The standard InChI is InChI=1S/C15H24N2O3/c1-16-8-5-15(14(16)19)4-2-7-17(9-6-15)13(18)12-3-10-20-11-12/h12H,2-11H2,1H3/t12-,15+/m0/s1. The molecule has 112 valence electrons. The highest BCUT2D eigenvalue weighted by atomic mass is 16.5. The van der Waals surface area contributed by atoms with Crippen LogP contribution in [0.4, 0.5) is 0 Å². The Morgan fingerprint density at radius 3 is 2.70 bits per heavy atom. The van der Waals surface area contributed by atoms with Crippen LogP contribution in [0.25, 0.3) is 0 Å². The molecular weight excluding hydrogens is 256 g/mol. The zero-order chi connectivity index (χ0) is 14.2. The molecule has 0 aromatic rings. The van der Waals surface area contributed by atoms with Gasteiger partial charge in [0.2, 0.25) is 11.8 Å². The first-order valence-electron chi connectivity index (χ1n) is 7.74. The molecule has 0 aliphatic carbocycles. The molecule has 3 saturated heterocycles. The summed E-state index contributed by atoms with van der Waals surface area (Å²) in [6.45, 7) is 3.67. The quantitative estimate of drug-likeness (QED) is 0.716. The molecule has 2 amide bonds. The van der Waals surface area contributed by atoms with Crippen molar-refractivity contribution in [1.82, 2.24) is 9.80 Å². The second-order valence-corrected chi connectivity index (χ2v) is 6.50. The zero-order valence-electron chi connectivity index (χ0n) is 12.3. The first kappa shape index (κ1) is 13.9. The molecule has 3 fully saturated rings. The predicted molar refractivity (Wildman–Crippen MR) is 74.0 cm³/mol. The van der Waals surface area contributed by atoms with Crippen LogP contribution < -0.4 is 0 Å². The van der Waals surface area contributed by atoms with E-state index in [1.165, 1.54) is 0 Å². The van der Waals surface area contributed by atoms with Crippen LogP contribution in [-0.2, 0) is 14.3 Å². The lowest BCUT2D eigenvalue weighted by molar-refractivity contribution is -0.137. The van der Waals surface area contributed by atoms with Crippen LogP contribution in [-0.4, -0.2) is 61.5 Å². The van der Waals surface area contributed by atoms with Crippen LogP contribution in [0.5, 0.6) is 0 Å².